The molecule has 0 amide bonds. The van der Waals surface area contributed by atoms with Crippen LogP contribution in [0.4, 0.5) is 0 Å². The van der Waals surface area contributed by atoms with Gasteiger partial charge in [0.15, 0.2) is 0 Å². The van der Waals surface area contributed by atoms with E-state index in [2.05, 4.69) is 25.9 Å². The van der Waals surface area contributed by atoms with Gasteiger partial charge in [0, 0.05) is 11.5 Å². The molecule has 0 aliphatic heterocycles. The summed E-state index contributed by atoms with van der Waals surface area (Å²) in [4.78, 5) is 7.58. The van der Waals surface area contributed by atoms with Crippen molar-refractivity contribution in [2.24, 2.45) is 0 Å². The van der Waals surface area contributed by atoms with Gasteiger partial charge in [-0.05, 0) is 6.07 Å². The van der Waals surface area contributed by atoms with Gasteiger partial charge in [-0.15, -0.1) is 0 Å². The molecule has 3 nitrogen and oxygen atoms in total. The molecule has 4 heteroatoms. The van der Waals surface area contributed by atoms with Gasteiger partial charge in [0.2, 0.25) is 0 Å². The Balaban J connectivity index is 2.75. The zero-order chi connectivity index (χ0) is 7.40. The van der Waals surface area contributed by atoms with Crippen molar-refractivity contribution in [2.75, 3.05) is 5.33 Å². The van der Waals surface area contributed by atoms with Crippen molar-refractivity contribution >= 4 is 15.9 Å². The first-order valence-electron chi connectivity index (χ1n) is 2.84. The van der Waals surface area contributed by atoms with Crippen molar-refractivity contribution in [1.29, 1.82) is 0 Å². The number of hydrogen-bond donors (Lipinski definition) is 1. The minimum atomic E-state index is -0.525. The predicted molar refractivity (Wildman–Crippen MR) is 40.8 cm³/mol. The molecule has 1 N–H and O–H groups in total. The van der Waals surface area contributed by atoms with E-state index >= 15 is 0 Å². The standard InChI is InChI=1S/C6H7BrN2O/c7-3-6(10)5-1-2-8-4-9-5/h1-2,4,6,10H,3H2/t6-/m0/s1. The van der Waals surface area contributed by atoms with Gasteiger partial charge in [0.05, 0.1) is 5.69 Å². The summed E-state index contributed by atoms with van der Waals surface area (Å²) in [5, 5.41) is 9.70. The molecule has 1 aromatic heterocycles. The summed E-state index contributed by atoms with van der Waals surface area (Å²) in [6.45, 7) is 0. The van der Waals surface area contributed by atoms with Gasteiger partial charge < -0.3 is 5.11 Å². The van der Waals surface area contributed by atoms with E-state index in [1.807, 2.05) is 0 Å². The molecule has 0 saturated heterocycles. The molecule has 0 aromatic carbocycles. The predicted octanol–water partition coefficient (Wildman–Crippen LogP) is 0.905. The fourth-order valence-electron chi connectivity index (χ4n) is 0.577. The largest absolute Gasteiger partial charge is 0.386 e. The molecule has 54 valence electrons. The van der Waals surface area contributed by atoms with E-state index in [0.717, 1.165) is 0 Å². The SMILES string of the molecule is O[C@@H](CBr)c1ccncn1. The third-order valence-electron chi connectivity index (χ3n) is 1.09. The molecule has 10 heavy (non-hydrogen) atoms. The molecule has 1 atom stereocenters. The van der Waals surface area contributed by atoms with Crippen LogP contribution >= 0.6 is 15.9 Å². The van der Waals surface area contributed by atoms with Gasteiger partial charge in [0.1, 0.15) is 12.4 Å². The van der Waals surface area contributed by atoms with Crippen LogP contribution in [0.3, 0.4) is 0 Å². The van der Waals surface area contributed by atoms with E-state index in [0.29, 0.717) is 11.0 Å². The second-order valence-corrected chi connectivity index (χ2v) is 2.45. The van der Waals surface area contributed by atoms with E-state index in [4.69, 9.17) is 0 Å². The Labute approximate surface area is 67.3 Å². The highest BCUT2D eigenvalue weighted by Crippen LogP contribution is 2.09. The van der Waals surface area contributed by atoms with E-state index in [9.17, 15) is 5.11 Å². The number of hydrogen-bond acceptors (Lipinski definition) is 3. The Morgan fingerprint density at radius 1 is 1.70 bits per heavy atom. The van der Waals surface area contributed by atoms with Gasteiger partial charge in [-0.1, -0.05) is 15.9 Å². The highest BCUT2D eigenvalue weighted by atomic mass is 79.9. The molecule has 0 bridgehead atoms. The minimum absolute atomic E-state index is 0.504. The molecule has 1 heterocycles. The first kappa shape index (κ1) is 7.63. The van der Waals surface area contributed by atoms with Gasteiger partial charge in [-0.3, -0.25) is 0 Å². The second-order valence-electron chi connectivity index (χ2n) is 1.80. The van der Waals surface area contributed by atoms with Crippen molar-refractivity contribution in [3.8, 4) is 0 Å². The fraction of sp³-hybridized carbons (Fsp3) is 0.333. The monoisotopic (exact) mass is 202 g/mol. The van der Waals surface area contributed by atoms with Crippen molar-refractivity contribution in [1.82, 2.24) is 9.97 Å². The average molecular weight is 203 g/mol. The lowest BCUT2D eigenvalue weighted by molar-refractivity contribution is 0.200. The Hall–Kier alpha value is -0.480. The zero-order valence-electron chi connectivity index (χ0n) is 5.24. The van der Waals surface area contributed by atoms with Gasteiger partial charge in [0.25, 0.3) is 0 Å². The van der Waals surface area contributed by atoms with Crippen LogP contribution in [0.2, 0.25) is 0 Å². The Kier molecular flexibility index (Phi) is 2.77. The fourth-order valence-corrected chi connectivity index (χ4v) is 0.909. The van der Waals surface area contributed by atoms with E-state index in [-0.39, 0.29) is 0 Å². The van der Waals surface area contributed by atoms with Crippen molar-refractivity contribution in [3.63, 3.8) is 0 Å². The maximum Gasteiger partial charge on any atom is 0.115 e. The Bertz CT molecular complexity index is 192. The summed E-state index contributed by atoms with van der Waals surface area (Å²) in [5.41, 5.74) is 0.645. The van der Waals surface area contributed by atoms with Crippen molar-refractivity contribution < 1.29 is 5.11 Å². The van der Waals surface area contributed by atoms with Crippen LogP contribution < -0.4 is 0 Å². The molecule has 0 fully saturated rings. The van der Waals surface area contributed by atoms with Gasteiger partial charge >= 0.3 is 0 Å². The first-order valence-corrected chi connectivity index (χ1v) is 3.96. The number of aromatic nitrogens is 2. The number of alkyl halides is 1. The number of nitrogens with zero attached hydrogens (tertiary/aromatic N) is 2. The maximum absolute atomic E-state index is 9.19. The third kappa shape index (κ3) is 1.75. The number of rotatable bonds is 2. The van der Waals surface area contributed by atoms with Gasteiger partial charge in [-0.2, -0.15) is 0 Å². The summed E-state index contributed by atoms with van der Waals surface area (Å²) in [5.74, 6) is 0. The quantitative estimate of drug-likeness (QED) is 0.726. The highest BCUT2D eigenvalue weighted by Gasteiger charge is 2.04. The lowest BCUT2D eigenvalue weighted by Crippen LogP contribution is -2.00. The summed E-state index contributed by atoms with van der Waals surface area (Å²) < 4.78 is 0. The maximum atomic E-state index is 9.19. The van der Waals surface area contributed by atoms with Crippen molar-refractivity contribution in [3.05, 3.63) is 24.3 Å². The van der Waals surface area contributed by atoms with Crippen LogP contribution in [0.5, 0.6) is 0 Å². The average Bonchev–Trinajstić information content (AvgIpc) is 2.05. The summed E-state index contributed by atoms with van der Waals surface area (Å²) >= 11 is 3.14. The number of aliphatic hydroxyl groups is 1. The Morgan fingerprint density at radius 2 is 2.50 bits per heavy atom. The number of aliphatic hydroxyl groups excluding tert-OH is 1. The van der Waals surface area contributed by atoms with Crippen LogP contribution in [0.1, 0.15) is 11.8 Å². The van der Waals surface area contributed by atoms with Crippen LogP contribution in [-0.2, 0) is 0 Å². The summed E-state index contributed by atoms with van der Waals surface area (Å²) in [6, 6.07) is 1.69. The molecule has 0 spiro atoms. The molecule has 1 rings (SSSR count). The second kappa shape index (κ2) is 3.63. The van der Waals surface area contributed by atoms with Crippen LogP contribution in [0.15, 0.2) is 18.6 Å². The van der Waals surface area contributed by atoms with Crippen molar-refractivity contribution in [2.45, 2.75) is 6.10 Å². The zero-order valence-corrected chi connectivity index (χ0v) is 6.82. The van der Waals surface area contributed by atoms with E-state index in [1.165, 1.54) is 6.33 Å². The molecular formula is C6H7BrN2O. The molecule has 1 aromatic rings. The van der Waals surface area contributed by atoms with Crippen LogP contribution in [0, 0.1) is 0 Å². The molecule has 0 unspecified atom stereocenters. The smallest absolute Gasteiger partial charge is 0.115 e. The van der Waals surface area contributed by atoms with Crippen LogP contribution in [-0.4, -0.2) is 20.4 Å². The van der Waals surface area contributed by atoms with E-state index in [1.54, 1.807) is 12.3 Å². The highest BCUT2D eigenvalue weighted by molar-refractivity contribution is 9.09. The first-order chi connectivity index (χ1) is 4.84. The molecule has 0 aliphatic carbocycles. The van der Waals surface area contributed by atoms with Gasteiger partial charge in [-0.25, -0.2) is 9.97 Å². The molecular weight excluding hydrogens is 196 g/mol. The summed E-state index contributed by atoms with van der Waals surface area (Å²) in [6.07, 6.45) is 2.50. The lowest BCUT2D eigenvalue weighted by Gasteiger charge is -2.02. The molecule has 0 aliphatic rings. The van der Waals surface area contributed by atoms with E-state index < -0.39 is 6.10 Å². The number of halogens is 1. The van der Waals surface area contributed by atoms with Crippen LogP contribution in [0.25, 0.3) is 0 Å². The lowest BCUT2D eigenvalue weighted by atomic mass is 10.3. The normalized spacial score (nSPS) is 13.0. The molecule has 0 radical (unpaired) electrons. The Morgan fingerprint density at radius 3 is 3.00 bits per heavy atom. The summed E-state index contributed by atoms with van der Waals surface area (Å²) in [7, 11) is 0. The molecule has 0 saturated carbocycles. The third-order valence-corrected chi connectivity index (χ3v) is 1.71. The minimum Gasteiger partial charge on any atom is -0.386 e. The topological polar surface area (TPSA) is 46.0 Å².